The van der Waals surface area contributed by atoms with E-state index >= 15 is 0 Å². The van der Waals surface area contributed by atoms with Gasteiger partial charge in [-0.1, -0.05) is 41.4 Å². The molecule has 0 aliphatic rings. The number of nitrogens with zero attached hydrogens (tertiary/aromatic N) is 2. The lowest BCUT2D eigenvalue weighted by molar-refractivity contribution is -0.119. The highest BCUT2D eigenvalue weighted by Crippen LogP contribution is 2.28. The Hall–Kier alpha value is -1.96. The molecule has 28 heavy (non-hydrogen) atoms. The number of para-hydroxylation sites is 1. The first kappa shape index (κ1) is 22.3. The molecule has 6 nitrogen and oxygen atoms in total. The summed E-state index contributed by atoms with van der Waals surface area (Å²) in [7, 11) is -1.68. The number of hydrogen-bond donors (Lipinski definition) is 1. The summed E-state index contributed by atoms with van der Waals surface area (Å²) in [6.45, 7) is 0.868. The normalized spacial score (nSPS) is 11.1. The lowest BCUT2D eigenvalue weighted by Gasteiger charge is -2.22. The average Bonchev–Trinajstić information content (AvgIpc) is 2.65. The zero-order valence-corrected chi connectivity index (χ0v) is 18.1. The van der Waals surface area contributed by atoms with Crippen molar-refractivity contribution in [2.24, 2.45) is 0 Å². The zero-order chi connectivity index (χ0) is 20.7. The van der Waals surface area contributed by atoms with Gasteiger partial charge in [-0.2, -0.15) is 0 Å². The molecule has 152 valence electrons. The second-order valence-corrected chi connectivity index (χ2v) is 9.05. The molecule has 0 radical (unpaired) electrons. The summed E-state index contributed by atoms with van der Waals surface area (Å²) in [5.74, 6) is -0.390. The van der Waals surface area contributed by atoms with Crippen LogP contribution in [-0.4, -0.2) is 47.3 Å². The van der Waals surface area contributed by atoms with Crippen molar-refractivity contribution in [3.05, 3.63) is 58.6 Å². The van der Waals surface area contributed by atoms with E-state index in [9.17, 15) is 13.2 Å². The van der Waals surface area contributed by atoms with E-state index < -0.39 is 10.0 Å². The molecule has 9 heteroatoms. The zero-order valence-electron chi connectivity index (χ0n) is 15.7. The van der Waals surface area contributed by atoms with E-state index in [4.69, 9.17) is 23.2 Å². The summed E-state index contributed by atoms with van der Waals surface area (Å²) in [5.41, 5.74) is 1.38. The molecule has 2 aromatic rings. The number of halogens is 2. The molecule has 0 fully saturated rings. The van der Waals surface area contributed by atoms with Gasteiger partial charge in [0.25, 0.3) is 0 Å². The van der Waals surface area contributed by atoms with Gasteiger partial charge >= 0.3 is 0 Å². The molecule has 2 aromatic carbocycles. The van der Waals surface area contributed by atoms with Gasteiger partial charge in [-0.3, -0.25) is 9.10 Å². The van der Waals surface area contributed by atoms with Crippen LogP contribution in [0.1, 0.15) is 6.42 Å². The Kier molecular flexibility index (Phi) is 7.98. The molecular formula is C19H23Cl2N3O3S. The first-order valence-electron chi connectivity index (χ1n) is 8.64. The molecule has 2 rings (SSSR count). The minimum absolute atomic E-state index is 0.220. The molecule has 0 unspecified atom stereocenters. The molecule has 0 saturated carbocycles. The van der Waals surface area contributed by atoms with Crippen LogP contribution in [0, 0.1) is 0 Å². The van der Waals surface area contributed by atoms with E-state index in [2.05, 4.69) is 10.2 Å². The molecule has 1 N–H and O–H groups in total. The van der Waals surface area contributed by atoms with Crippen LogP contribution in [0.2, 0.25) is 10.0 Å². The Morgan fingerprint density at radius 3 is 2.32 bits per heavy atom. The third-order valence-corrected chi connectivity index (χ3v) is 5.95. The van der Waals surface area contributed by atoms with Crippen LogP contribution in [0.25, 0.3) is 0 Å². The van der Waals surface area contributed by atoms with Crippen LogP contribution >= 0.6 is 23.2 Å². The van der Waals surface area contributed by atoms with Crippen LogP contribution in [0.3, 0.4) is 0 Å². The molecule has 0 aromatic heterocycles. The summed E-state index contributed by atoms with van der Waals surface area (Å²) >= 11 is 11.8. The van der Waals surface area contributed by atoms with Gasteiger partial charge in [-0.25, -0.2) is 8.42 Å². The third-order valence-electron chi connectivity index (χ3n) is 4.07. The van der Waals surface area contributed by atoms with Crippen molar-refractivity contribution in [2.45, 2.75) is 6.42 Å². The summed E-state index contributed by atoms with van der Waals surface area (Å²) in [6, 6.07) is 14.4. The molecule has 0 spiro atoms. The Morgan fingerprint density at radius 1 is 1.04 bits per heavy atom. The summed E-state index contributed by atoms with van der Waals surface area (Å²) in [6.07, 6.45) is 1.76. The van der Waals surface area contributed by atoms with Crippen LogP contribution in [0.5, 0.6) is 0 Å². The van der Waals surface area contributed by atoms with Crippen molar-refractivity contribution in [2.75, 3.05) is 42.1 Å². The Labute approximate surface area is 176 Å². The second kappa shape index (κ2) is 10.0. The smallest absolute Gasteiger partial charge is 0.240 e. The lowest BCUT2D eigenvalue weighted by atomic mass is 10.3. The Bertz CT molecular complexity index is 908. The molecule has 0 saturated heterocycles. The van der Waals surface area contributed by atoms with Gasteiger partial charge in [-0.05, 0) is 36.8 Å². The van der Waals surface area contributed by atoms with Crippen molar-refractivity contribution in [1.82, 2.24) is 5.32 Å². The third kappa shape index (κ3) is 6.58. The first-order chi connectivity index (χ1) is 13.2. The van der Waals surface area contributed by atoms with Gasteiger partial charge in [0.1, 0.15) is 6.54 Å². The SMILES string of the molecule is CN(CCCNC(=O)CN(c1ccc(Cl)c(Cl)c1)S(C)(=O)=O)c1ccccc1. The highest BCUT2D eigenvalue weighted by molar-refractivity contribution is 7.92. The van der Waals surface area contributed by atoms with Gasteiger partial charge in [0.15, 0.2) is 0 Å². The maximum absolute atomic E-state index is 12.3. The molecular weight excluding hydrogens is 421 g/mol. The number of hydrogen-bond acceptors (Lipinski definition) is 4. The van der Waals surface area contributed by atoms with E-state index in [1.165, 1.54) is 18.2 Å². The molecule has 0 aliphatic heterocycles. The fourth-order valence-electron chi connectivity index (χ4n) is 2.58. The topological polar surface area (TPSA) is 69.7 Å². The molecule has 0 atom stereocenters. The number of benzene rings is 2. The summed E-state index contributed by atoms with van der Waals surface area (Å²) < 4.78 is 25.2. The van der Waals surface area contributed by atoms with Crippen LogP contribution in [0.4, 0.5) is 11.4 Å². The maximum Gasteiger partial charge on any atom is 0.240 e. The number of carbonyl (C=O) groups excluding carboxylic acids is 1. The fraction of sp³-hybridized carbons (Fsp3) is 0.316. The van der Waals surface area contributed by atoms with E-state index in [1.54, 1.807) is 0 Å². The lowest BCUT2D eigenvalue weighted by Crippen LogP contribution is -2.41. The van der Waals surface area contributed by atoms with Gasteiger partial charge in [-0.15, -0.1) is 0 Å². The largest absolute Gasteiger partial charge is 0.375 e. The van der Waals surface area contributed by atoms with Crippen molar-refractivity contribution < 1.29 is 13.2 Å². The standard InChI is InChI=1S/C19H23Cl2N3O3S/c1-23(15-7-4-3-5-8-15)12-6-11-22-19(25)14-24(28(2,26)27)16-9-10-17(20)18(21)13-16/h3-5,7-10,13H,6,11-12,14H2,1-2H3,(H,22,25). The minimum Gasteiger partial charge on any atom is -0.375 e. The average molecular weight is 444 g/mol. The van der Waals surface area contributed by atoms with Gasteiger partial charge in [0.05, 0.1) is 22.0 Å². The van der Waals surface area contributed by atoms with Crippen molar-refractivity contribution in [3.63, 3.8) is 0 Å². The number of anilines is 2. The number of sulfonamides is 1. The number of nitrogens with one attached hydrogen (secondary N) is 1. The highest BCUT2D eigenvalue weighted by Gasteiger charge is 2.21. The van der Waals surface area contributed by atoms with Crippen LogP contribution in [-0.2, 0) is 14.8 Å². The van der Waals surface area contributed by atoms with E-state index in [1.807, 2.05) is 37.4 Å². The maximum atomic E-state index is 12.3. The molecule has 1 amide bonds. The van der Waals surface area contributed by atoms with E-state index in [-0.39, 0.29) is 23.2 Å². The number of amides is 1. The van der Waals surface area contributed by atoms with Gasteiger partial charge in [0, 0.05) is 25.8 Å². The number of carbonyl (C=O) groups is 1. The quantitative estimate of drug-likeness (QED) is 0.602. The summed E-state index contributed by atoms with van der Waals surface area (Å²) in [5, 5.41) is 3.29. The summed E-state index contributed by atoms with van der Waals surface area (Å²) in [4.78, 5) is 14.3. The van der Waals surface area contributed by atoms with Crippen LogP contribution in [0.15, 0.2) is 48.5 Å². The number of rotatable bonds is 9. The fourth-order valence-corrected chi connectivity index (χ4v) is 3.72. The Morgan fingerprint density at radius 2 is 1.71 bits per heavy atom. The predicted octanol–water partition coefficient (Wildman–Crippen LogP) is 3.40. The molecule has 0 heterocycles. The van der Waals surface area contributed by atoms with Crippen molar-refractivity contribution >= 4 is 50.5 Å². The highest BCUT2D eigenvalue weighted by atomic mass is 35.5. The second-order valence-electron chi connectivity index (χ2n) is 6.33. The van der Waals surface area contributed by atoms with Crippen LogP contribution < -0.4 is 14.5 Å². The minimum atomic E-state index is -3.66. The van der Waals surface area contributed by atoms with E-state index in [0.717, 1.165) is 29.2 Å². The predicted molar refractivity (Wildman–Crippen MR) is 116 cm³/mol. The molecule has 0 aliphatic carbocycles. The monoisotopic (exact) mass is 443 g/mol. The first-order valence-corrected chi connectivity index (χ1v) is 11.2. The van der Waals surface area contributed by atoms with E-state index in [0.29, 0.717) is 11.6 Å². The van der Waals surface area contributed by atoms with Gasteiger partial charge in [0.2, 0.25) is 15.9 Å². The van der Waals surface area contributed by atoms with Gasteiger partial charge < -0.3 is 10.2 Å². The van der Waals surface area contributed by atoms with Crippen molar-refractivity contribution in [1.29, 1.82) is 0 Å². The Balaban J connectivity index is 1.89. The van der Waals surface area contributed by atoms with Crippen molar-refractivity contribution in [3.8, 4) is 0 Å². The molecule has 0 bridgehead atoms.